The summed E-state index contributed by atoms with van der Waals surface area (Å²) in [6, 6.07) is 11.0. The molecule has 0 aliphatic carbocycles. The van der Waals surface area contributed by atoms with Crippen LogP contribution in [0.3, 0.4) is 0 Å². The molecule has 0 saturated carbocycles. The second-order valence-corrected chi connectivity index (χ2v) is 4.43. The van der Waals surface area contributed by atoms with Gasteiger partial charge in [0.05, 0.1) is 6.61 Å². The van der Waals surface area contributed by atoms with Gasteiger partial charge in [-0.15, -0.1) is 0 Å². The lowest BCUT2D eigenvalue weighted by atomic mass is 9.79. The number of halogens is 1. The lowest BCUT2D eigenvalue weighted by Crippen LogP contribution is -2.30. The predicted molar refractivity (Wildman–Crippen MR) is 78.2 cm³/mol. The lowest BCUT2D eigenvalue weighted by molar-refractivity contribution is 0.269. The fourth-order valence-electron chi connectivity index (χ4n) is 1.91. The van der Waals surface area contributed by atoms with Gasteiger partial charge in [0, 0.05) is 0 Å². The van der Waals surface area contributed by atoms with E-state index in [2.05, 4.69) is 0 Å². The maximum atomic E-state index is 13.4. The highest BCUT2D eigenvalue weighted by atomic mass is 19.1. The molecule has 2 N–H and O–H groups in total. The first-order valence-electron chi connectivity index (χ1n) is 6.60. The van der Waals surface area contributed by atoms with Crippen LogP contribution in [0.25, 0.3) is 0 Å². The van der Waals surface area contributed by atoms with Crippen molar-refractivity contribution in [2.45, 2.75) is 13.5 Å². The number of ether oxygens (including phenoxy) is 2. The molecular formula is C15H16BFO4. The van der Waals surface area contributed by atoms with E-state index >= 15 is 0 Å². The second-order valence-electron chi connectivity index (χ2n) is 4.43. The largest absolute Gasteiger partial charge is 0.490 e. The van der Waals surface area contributed by atoms with E-state index in [-0.39, 0.29) is 12.1 Å². The first kappa shape index (κ1) is 15.3. The van der Waals surface area contributed by atoms with Crippen LogP contribution in [0.4, 0.5) is 4.39 Å². The summed E-state index contributed by atoms with van der Waals surface area (Å²) >= 11 is 0. The van der Waals surface area contributed by atoms with Crippen molar-refractivity contribution in [3.05, 3.63) is 53.8 Å². The molecule has 0 spiro atoms. The normalized spacial score (nSPS) is 10.3. The predicted octanol–water partition coefficient (Wildman–Crippen LogP) is 1.48. The molecule has 4 nitrogen and oxygen atoms in total. The summed E-state index contributed by atoms with van der Waals surface area (Å²) in [5, 5.41) is 18.2. The van der Waals surface area contributed by atoms with Gasteiger partial charge in [0.2, 0.25) is 0 Å². The minimum Gasteiger partial charge on any atom is -0.490 e. The molecule has 0 bridgehead atoms. The molecule has 0 radical (unpaired) electrons. The minimum absolute atomic E-state index is 0.0895. The van der Waals surface area contributed by atoms with Crippen molar-refractivity contribution in [3.8, 4) is 11.5 Å². The molecule has 0 atom stereocenters. The Kier molecular flexibility index (Phi) is 5.19. The first-order chi connectivity index (χ1) is 10.1. The maximum Gasteiger partial charge on any atom is 0.488 e. The Hall–Kier alpha value is -2.05. The van der Waals surface area contributed by atoms with Crippen molar-refractivity contribution in [2.24, 2.45) is 0 Å². The number of rotatable bonds is 6. The number of benzene rings is 2. The number of hydrogen-bond acceptors (Lipinski definition) is 4. The van der Waals surface area contributed by atoms with Crippen LogP contribution in [0.15, 0.2) is 42.5 Å². The van der Waals surface area contributed by atoms with Gasteiger partial charge in [-0.1, -0.05) is 18.2 Å². The third kappa shape index (κ3) is 4.21. The standard InChI is InChI=1S/C15H16BFO4/c1-2-20-14-5-3-4-6-15(14)21-10-11-7-12(16(18)19)9-13(17)8-11/h3-9,18-19H,2,10H2,1H3. The quantitative estimate of drug-likeness (QED) is 0.791. The summed E-state index contributed by atoms with van der Waals surface area (Å²) in [7, 11) is -1.71. The van der Waals surface area contributed by atoms with Gasteiger partial charge in [0.1, 0.15) is 12.4 Å². The monoisotopic (exact) mass is 290 g/mol. The van der Waals surface area contributed by atoms with Crippen LogP contribution in [0.1, 0.15) is 12.5 Å². The molecule has 0 unspecified atom stereocenters. The van der Waals surface area contributed by atoms with Crippen molar-refractivity contribution < 1.29 is 23.9 Å². The summed E-state index contributed by atoms with van der Waals surface area (Å²) < 4.78 is 24.5. The highest BCUT2D eigenvalue weighted by Gasteiger charge is 2.13. The van der Waals surface area contributed by atoms with E-state index in [0.717, 1.165) is 6.07 Å². The van der Waals surface area contributed by atoms with Crippen LogP contribution in [0.2, 0.25) is 0 Å². The Balaban J connectivity index is 2.13. The van der Waals surface area contributed by atoms with Crippen LogP contribution in [0, 0.1) is 5.82 Å². The van der Waals surface area contributed by atoms with Gasteiger partial charge in [-0.25, -0.2) is 4.39 Å². The SMILES string of the molecule is CCOc1ccccc1OCc1cc(F)cc(B(O)O)c1. The number of hydrogen-bond donors (Lipinski definition) is 2. The average Bonchev–Trinajstić information content (AvgIpc) is 2.46. The molecule has 0 fully saturated rings. The zero-order valence-electron chi connectivity index (χ0n) is 11.6. The van der Waals surface area contributed by atoms with Gasteiger partial charge in [0.25, 0.3) is 0 Å². The van der Waals surface area contributed by atoms with Gasteiger partial charge < -0.3 is 19.5 Å². The average molecular weight is 290 g/mol. The van der Waals surface area contributed by atoms with Crippen molar-refractivity contribution in [2.75, 3.05) is 6.61 Å². The third-order valence-electron chi connectivity index (χ3n) is 2.82. The van der Waals surface area contributed by atoms with Gasteiger partial charge in [-0.05, 0) is 42.2 Å². The molecule has 0 aliphatic heterocycles. The van der Waals surface area contributed by atoms with E-state index in [9.17, 15) is 4.39 Å². The van der Waals surface area contributed by atoms with Crippen LogP contribution in [-0.4, -0.2) is 23.8 Å². The Labute approximate surface area is 122 Å². The molecule has 110 valence electrons. The molecule has 2 aromatic carbocycles. The summed E-state index contributed by atoms with van der Waals surface area (Å²) in [4.78, 5) is 0. The third-order valence-corrected chi connectivity index (χ3v) is 2.82. The Morgan fingerprint density at radius 2 is 1.71 bits per heavy atom. The van der Waals surface area contributed by atoms with Crippen LogP contribution >= 0.6 is 0 Å². The molecule has 0 aromatic heterocycles. The highest BCUT2D eigenvalue weighted by molar-refractivity contribution is 6.58. The first-order valence-corrected chi connectivity index (χ1v) is 6.60. The Morgan fingerprint density at radius 3 is 2.33 bits per heavy atom. The zero-order chi connectivity index (χ0) is 15.2. The molecule has 0 amide bonds. The van der Waals surface area contributed by atoms with Crippen LogP contribution in [-0.2, 0) is 6.61 Å². The molecule has 0 saturated heterocycles. The fraction of sp³-hybridized carbons (Fsp3) is 0.200. The Bertz CT molecular complexity index is 604. The Morgan fingerprint density at radius 1 is 1.05 bits per heavy atom. The van der Waals surface area contributed by atoms with Gasteiger partial charge >= 0.3 is 7.12 Å². The maximum absolute atomic E-state index is 13.4. The topological polar surface area (TPSA) is 58.9 Å². The smallest absolute Gasteiger partial charge is 0.488 e. The number of para-hydroxylation sites is 2. The summed E-state index contributed by atoms with van der Waals surface area (Å²) in [6.07, 6.45) is 0. The van der Waals surface area contributed by atoms with Crippen LogP contribution < -0.4 is 14.9 Å². The van der Waals surface area contributed by atoms with Crippen molar-refractivity contribution >= 4 is 12.6 Å². The van der Waals surface area contributed by atoms with E-state index in [4.69, 9.17) is 19.5 Å². The van der Waals surface area contributed by atoms with E-state index in [1.165, 1.54) is 12.1 Å². The highest BCUT2D eigenvalue weighted by Crippen LogP contribution is 2.27. The van der Waals surface area contributed by atoms with Crippen molar-refractivity contribution in [3.63, 3.8) is 0 Å². The van der Waals surface area contributed by atoms with Gasteiger partial charge in [-0.3, -0.25) is 0 Å². The van der Waals surface area contributed by atoms with E-state index in [1.807, 2.05) is 19.1 Å². The van der Waals surface area contributed by atoms with Crippen molar-refractivity contribution in [1.82, 2.24) is 0 Å². The molecule has 0 aliphatic rings. The lowest BCUT2D eigenvalue weighted by Gasteiger charge is -2.12. The molecule has 0 heterocycles. The molecular weight excluding hydrogens is 274 g/mol. The minimum atomic E-state index is -1.71. The zero-order valence-corrected chi connectivity index (χ0v) is 11.6. The van der Waals surface area contributed by atoms with E-state index < -0.39 is 12.9 Å². The fourth-order valence-corrected chi connectivity index (χ4v) is 1.91. The van der Waals surface area contributed by atoms with Gasteiger partial charge in [0.15, 0.2) is 11.5 Å². The van der Waals surface area contributed by atoms with Crippen LogP contribution in [0.5, 0.6) is 11.5 Å². The molecule has 6 heteroatoms. The molecule has 2 aromatic rings. The van der Waals surface area contributed by atoms with Gasteiger partial charge in [-0.2, -0.15) is 0 Å². The van der Waals surface area contributed by atoms with Crippen molar-refractivity contribution in [1.29, 1.82) is 0 Å². The molecule has 2 rings (SSSR count). The van der Waals surface area contributed by atoms with E-state index in [0.29, 0.717) is 23.7 Å². The molecule has 21 heavy (non-hydrogen) atoms. The summed E-state index contributed by atoms with van der Waals surface area (Å²) in [6.45, 7) is 2.49. The second kappa shape index (κ2) is 7.10. The summed E-state index contributed by atoms with van der Waals surface area (Å²) in [5.74, 6) is 0.617. The van der Waals surface area contributed by atoms with E-state index in [1.54, 1.807) is 12.1 Å². The summed E-state index contributed by atoms with van der Waals surface area (Å²) in [5.41, 5.74) is 0.594.